The van der Waals surface area contributed by atoms with Gasteiger partial charge >= 0.3 is 0 Å². The van der Waals surface area contributed by atoms with E-state index in [1.807, 2.05) is 18.6 Å². The minimum Gasteiger partial charge on any atom is -0.311 e. The van der Waals surface area contributed by atoms with Gasteiger partial charge in [0.25, 0.3) is 0 Å². The van der Waals surface area contributed by atoms with Gasteiger partial charge in [-0.25, -0.2) is 0 Å². The summed E-state index contributed by atoms with van der Waals surface area (Å²) in [6.07, 6.45) is 2.82. The molecule has 0 aliphatic rings. The number of aromatic nitrogens is 1. The summed E-state index contributed by atoms with van der Waals surface area (Å²) in [6, 6.07) is 0. The van der Waals surface area contributed by atoms with Gasteiger partial charge in [-0.1, -0.05) is 0 Å². The van der Waals surface area contributed by atoms with E-state index < -0.39 is 0 Å². The van der Waals surface area contributed by atoms with Crippen molar-refractivity contribution in [3.05, 3.63) is 16.6 Å². The van der Waals surface area contributed by atoms with Gasteiger partial charge in [-0.2, -0.15) is 0 Å². The summed E-state index contributed by atoms with van der Waals surface area (Å²) >= 11 is 1.68. The molecule has 0 aromatic carbocycles. The summed E-state index contributed by atoms with van der Waals surface area (Å²) in [5.41, 5.74) is 1.85. The molecule has 1 heterocycles. The fourth-order valence-corrected chi connectivity index (χ4v) is 1.38. The highest BCUT2D eigenvalue weighted by molar-refractivity contribution is 7.09. The van der Waals surface area contributed by atoms with Crippen LogP contribution in [0.4, 0.5) is 0 Å². The van der Waals surface area contributed by atoms with E-state index in [4.69, 9.17) is 0 Å². The maximum atomic E-state index is 3.99. The molecule has 0 atom stereocenters. The Morgan fingerprint density at radius 2 is 2.58 bits per heavy atom. The van der Waals surface area contributed by atoms with Crippen molar-refractivity contribution in [2.24, 2.45) is 0 Å². The summed E-state index contributed by atoms with van der Waals surface area (Å²) in [4.78, 5) is 5.27. The van der Waals surface area contributed by atoms with Crippen molar-refractivity contribution in [3.8, 4) is 11.8 Å². The molecule has 0 bridgehead atoms. The third-order valence-electron chi connectivity index (χ3n) is 1.39. The largest absolute Gasteiger partial charge is 0.311 e. The van der Waals surface area contributed by atoms with Gasteiger partial charge in [0.05, 0.1) is 5.51 Å². The number of hydrogen-bond acceptors (Lipinski definition) is 3. The van der Waals surface area contributed by atoms with E-state index in [2.05, 4.69) is 22.1 Å². The van der Waals surface area contributed by atoms with Gasteiger partial charge in [0.2, 0.25) is 0 Å². The van der Waals surface area contributed by atoms with Crippen molar-refractivity contribution in [1.82, 2.24) is 10.3 Å². The Kier molecular flexibility index (Phi) is 4.43. The van der Waals surface area contributed by atoms with Gasteiger partial charge in [0.15, 0.2) is 0 Å². The smallest absolute Gasteiger partial charge is 0.0794 e. The van der Waals surface area contributed by atoms with Gasteiger partial charge in [-0.3, -0.25) is 4.98 Å². The van der Waals surface area contributed by atoms with E-state index in [1.165, 1.54) is 4.88 Å². The van der Waals surface area contributed by atoms with Gasteiger partial charge in [0, 0.05) is 30.6 Å². The SMILES string of the molecule is CC#CCCNCc1cncs1. The first-order valence-electron chi connectivity index (χ1n) is 3.91. The zero-order valence-electron chi connectivity index (χ0n) is 7.13. The maximum absolute atomic E-state index is 3.99. The first-order valence-corrected chi connectivity index (χ1v) is 4.79. The standard InChI is InChI=1S/C9H12N2S/c1-2-3-4-5-10-6-9-7-11-8-12-9/h7-8,10H,4-6H2,1H3. The lowest BCUT2D eigenvalue weighted by Crippen LogP contribution is -2.13. The van der Waals surface area contributed by atoms with Crippen molar-refractivity contribution >= 4 is 11.3 Å². The molecule has 12 heavy (non-hydrogen) atoms. The van der Waals surface area contributed by atoms with E-state index >= 15 is 0 Å². The molecule has 2 nitrogen and oxygen atoms in total. The Balaban J connectivity index is 2.06. The van der Waals surface area contributed by atoms with Crippen molar-refractivity contribution < 1.29 is 0 Å². The monoisotopic (exact) mass is 180 g/mol. The molecule has 1 rings (SSSR count). The molecule has 3 heteroatoms. The lowest BCUT2D eigenvalue weighted by molar-refractivity contribution is 0.707. The van der Waals surface area contributed by atoms with E-state index in [0.29, 0.717) is 0 Å². The van der Waals surface area contributed by atoms with Crippen LogP contribution in [0.2, 0.25) is 0 Å². The van der Waals surface area contributed by atoms with Crippen molar-refractivity contribution in [1.29, 1.82) is 0 Å². The number of nitrogens with zero attached hydrogens (tertiary/aromatic N) is 1. The number of rotatable bonds is 4. The first kappa shape index (κ1) is 9.24. The lowest BCUT2D eigenvalue weighted by atomic mass is 10.4. The average molecular weight is 180 g/mol. The van der Waals surface area contributed by atoms with Crippen LogP contribution in [0.5, 0.6) is 0 Å². The maximum Gasteiger partial charge on any atom is 0.0794 e. The number of nitrogens with one attached hydrogen (secondary N) is 1. The van der Waals surface area contributed by atoms with Crippen molar-refractivity contribution in [2.75, 3.05) is 6.54 Å². The Hall–Kier alpha value is -0.850. The zero-order valence-corrected chi connectivity index (χ0v) is 7.95. The highest BCUT2D eigenvalue weighted by atomic mass is 32.1. The summed E-state index contributed by atoms with van der Waals surface area (Å²) in [7, 11) is 0. The Morgan fingerprint density at radius 3 is 3.25 bits per heavy atom. The van der Waals surface area contributed by atoms with Gasteiger partial charge in [0.1, 0.15) is 0 Å². The second-order valence-corrected chi connectivity index (χ2v) is 3.29. The van der Waals surface area contributed by atoms with E-state index in [-0.39, 0.29) is 0 Å². The summed E-state index contributed by atoms with van der Waals surface area (Å²) < 4.78 is 0. The quantitative estimate of drug-likeness (QED) is 0.563. The third-order valence-corrected chi connectivity index (χ3v) is 2.17. The predicted molar refractivity (Wildman–Crippen MR) is 51.9 cm³/mol. The lowest BCUT2D eigenvalue weighted by Gasteiger charge is -1.97. The Bertz CT molecular complexity index is 256. The van der Waals surface area contributed by atoms with Gasteiger partial charge in [-0.05, 0) is 6.92 Å². The van der Waals surface area contributed by atoms with Crippen molar-refractivity contribution in [2.45, 2.75) is 19.9 Å². The van der Waals surface area contributed by atoms with Crippen LogP contribution in [0.1, 0.15) is 18.2 Å². The van der Waals surface area contributed by atoms with E-state index in [9.17, 15) is 0 Å². The molecule has 1 aromatic rings. The van der Waals surface area contributed by atoms with E-state index in [0.717, 1.165) is 19.5 Å². The Morgan fingerprint density at radius 1 is 1.67 bits per heavy atom. The predicted octanol–water partition coefficient (Wildman–Crippen LogP) is 1.65. The topological polar surface area (TPSA) is 24.9 Å². The van der Waals surface area contributed by atoms with Crippen LogP contribution in [0, 0.1) is 11.8 Å². The molecule has 0 aliphatic heterocycles. The molecule has 0 unspecified atom stereocenters. The molecular formula is C9H12N2S. The van der Waals surface area contributed by atoms with Crippen LogP contribution in [0.25, 0.3) is 0 Å². The van der Waals surface area contributed by atoms with Crippen molar-refractivity contribution in [3.63, 3.8) is 0 Å². The second kappa shape index (κ2) is 5.76. The minimum atomic E-state index is 0.913. The number of thiazole rings is 1. The second-order valence-electron chi connectivity index (χ2n) is 2.32. The molecule has 0 saturated heterocycles. The van der Waals surface area contributed by atoms with Crippen LogP contribution in [0.15, 0.2) is 11.7 Å². The molecule has 0 radical (unpaired) electrons. The van der Waals surface area contributed by atoms with Crippen LogP contribution in [0.3, 0.4) is 0 Å². The third kappa shape index (κ3) is 3.51. The molecule has 0 saturated carbocycles. The molecule has 0 aliphatic carbocycles. The van der Waals surface area contributed by atoms with Crippen LogP contribution in [-0.2, 0) is 6.54 Å². The summed E-state index contributed by atoms with van der Waals surface area (Å²) in [5.74, 6) is 5.87. The molecule has 1 aromatic heterocycles. The van der Waals surface area contributed by atoms with Gasteiger partial charge < -0.3 is 5.32 Å². The van der Waals surface area contributed by atoms with Gasteiger partial charge in [-0.15, -0.1) is 23.2 Å². The molecule has 0 amide bonds. The molecule has 1 N–H and O–H groups in total. The summed E-state index contributed by atoms with van der Waals surface area (Å²) in [5, 5.41) is 3.29. The molecule has 64 valence electrons. The summed E-state index contributed by atoms with van der Waals surface area (Å²) in [6.45, 7) is 3.73. The molecular weight excluding hydrogens is 168 g/mol. The Labute approximate surface area is 77.0 Å². The van der Waals surface area contributed by atoms with Crippen LogP contribution < -0.4 is 5.32 Å². The highest BCUT2D eigenvalue weighted by Crippen LogP contribution is 2.03. The van der Waals surface area contributed by atoms with Crippen LogP contribution >= 0.6 is 11.3 Å². The fraction of sp³-hybridized carbons (Fsp3) is 0.444. The highest BCUT2D eigenvalue weighted by Gasteiger charge is 1.91. The number of hydrogen-bond donors (Lipinski definition) is 1. The fourth-order valence-electron chi connectivity index (χ4n) is 0.817. The average Bonchev–Trinajstić information content (AvgIpc) is 2.57. The normalized spacial score (nSPS) is 9.08. The zero-order chi connectivity index (χ0) is 8.65. The molecule has 0 spiro atoms. The first-order chi connectivity index (χ1) is 5.93. The minimum absolute atomic E-state index is 0.913. The molecule has 0 fully saturated rings. The van der Waals surface area contributed by atoms with Crippen LogP contribution in [-0.4, -0.2) is 11.5 Å². The van der Waals surface area contributed by atoms with E-state index in [1.54, 1.807) is 11.3 Å².